The molecular weight excluding hydrogens is 148 g/mol. The van der Waals surface area contributed by atoms with Crippen LogP contribution in [0.1, 0.15) is 25.3 Å². The Morgan fingerprint density at radius 1 is 1.25 bits per heavy atom. The Morgan fingerprint density at radius 3 is 2.50 bits per heavy atom. The maximum atomic E-state index is 9.02. The lowest BCUT2D eigenvalue weighted by molar-refractivity contribution is 0.475. The van der Waals surface area contributed by atoms with Crippen LogP contribution in [0.2, 0.25) is 0 Å². The van der Waals surface area contributed by atoms with Gasteiger partial charge in [-0.15, -0.1) is 0 Å². The first-order valence-corrected chi connectivity index (χ1v) is 4.42. The third-order valence-electron chi connectivity index (χ3n) is 1.86. The number of rotatable bonds is 4. The van der Waals surface area contributed by atoms with E-state index in [2.05, 4.69) is 13.3 Å². The molecule has 0 heterocycles. The molecule has 0 amide bonds. The topological polar surface area (TPSA) is 20.2 Å². The number of benzene rings is 1. The van der Waals surface area contributed by atoms with Crippen LogP contribution in [0.25, 0.3) is 0 Å². The Balaban J connectivity index is 2.37. The van der Waals surface area contributed by atoms with E-state index in [0.717, 1.165) is 19.3 Å². The minimum atomic E-state index is 0.346. The Hall–Kier alpha value is -0.980. The SMILES string of the molecule is CC[CH]CCc1ccc(O)cc1. The number of hydrogen-bond acceptors (Lipinski definition) is 1. The minimum absolute atomic E-state index is 0.346. The Bertz CT molecular complexity index is 213. The summed E-state index contributed by atoms with van der Waals surface area (Å²) >= 11 is 0. The van der Waals surface area contributed by atoms with Crippen LogP contribution in [-0.2, 0) is 6.42 Å². The Morgan fingerprint density at radius 2 is 1.92 bits per heavy atom. The lowest BCUT2D eigenvalue weighted by Crippen LogP contribution is -1.84. The lowest BCUT2D eigenvalue weighted by atomic mass is 10.1. The lowest BCUT2D eigenvalue weighted by Gasteiger charge is -1.99. The van der Waals surface area contributed by atoms with Crippen molar-refractivity contribution in [3.8, 4) is 5.75 Å². The summed E-state index contributed by atoms with van der Waals surface area (Å²) in [7, 11) is 0. The van der Waals surface area contributed by atoms with Crippen LogP contribution in [0, 0.1) is 6.42 Å². The van der Waals surface area contributed by atoms with E-state index in [0.29, 0.717) is 5.75 Å². The standard InChI is InChI=1S/C11H15O/c1-2-3-4-5-10-6-8-11(12)9-7-10/h3,6-9,12H,2,4-5H2,1H3. The number of unbranched alkanes of at least 4 members (excludes halogenated alkanes) is 2. The average Bonchev–Trinajstić information content (AvgIpc) is 2.09. The van der Waals surface area contributed by atoms with Gasteiger partial charge in [-0.3, -0.25) is 0 Å². The van der Waals surface area contributed by atoms with Crippen molar-refractivity contribution in [1.29, 1.82) is 0 Å². The van der Waals surface area contributed by atoms with Gasteiger partial charge in [0.15, 0.2) is 0 Å². The molecule has 0 aromatic heterocycles. The first kappa shape index (κ1) is 9.11. The van der Waals surface area contributed by atoms with Gasteiger partial charge in [0.05, 0.1) is 0 Å². The maximum Gasteiger partial charge on any atom is 0.115 e. The normalized spacial score (nSPS) is 10.1. The second kappa shape index (κ2) is 4.81. The average molecular weight is 163 g/mol. The fourth-order valence-electron chi connectivity index (χ4n) is 1.14. The van der Waals surface area contributed by atoms with Crippen molar-refractivity contribution in [2.45, 2.75) is 26.2 Å². The second-order valence-corrected chi connectivity index (χ2v) is 2.90. The summed E-state index contributed by atoms with van der Waals surface area (Å²) in [5.74, 6) is 0.346. The molecule has 1 aromatic rings. The van der Waals surface area contributed by atoms with E-state index in [-0.39, 0.29) is 0 Å². The van der Waals surface area contributed by atoms with Crippen molar-refractivity contribution >= 4 is 0 Å². The number of phenolic OH excluding ortho intramolecular Hbond substituents is 1. The molecule has 0 fully saturated rings. The van der Waals surface area contributed by atoms with Gasteiger partial charge in [0, 0.05) is 0 Å². The van der Waals surface area contributed by atoms with E-state index in [1.807, 2.05) is 12.1 Å². The number of aryl methyl sites for hydroxylation is 1. The van der Waals surface area contributed by atoms with Gasteiger partial charge in [0.2, 0.25) is 0 Å². The fraction of sp³-hybridized carbons (Fsp3) is 0.364. The van der Waals surface area contributed by atoms with Crippen molar-refractivity contribution in [3.63, 3.8) is 0 Å². The molecule has 0 atom stereocenters. The predicted octanol–water partition coefficient (Wildman–Crippen LogP) is 2.94. The molecule has 1 rings (SSSR count). The van der Waals surface area contributed by atoms with E-state index in [9.17, 15) is 0 Å². The van der Waals surface area contributed by atoms with E-state index in [4.69, 9.17) is 5.11 Å². The summed E-state index contributed by atoms with van der Waals surface area (Å²) in [4.78, 5) is 0. The summed E-state index contributed by atoms with van der Waals surface area (Å²) in [5.41, 5.74) is 1.29. The summed E-state index contributed by atoms with van der Waals surface area (Å²) in [6.45, 7) is 2.15. The van der Waals surface area contributed by atoms with Crippen LogP contribution in [-0.4, -0.2) is 5.11 Å². The zero-order chi connectivity index (χ0) is 8.81. The van der Waals surface area contributed by atoms with Crippen molar-refractivity contribution in [1.82, 2.24) is 0 Å². The van der Waals surface area contributed by atoms with Crippen molar-refractivity contribution < 1.29 is 5.11 Å². The Kier molecular flexibility index (Phi) is 3.65. The molecule has 0 bridgehead atoms. The quantitative estimate of drug-likeness (QED) is 0.676. The molecule has 0 saturated heterocycles. The molecule has 0 spiro atoms. The highest BCUT2D eigenvalue weighted by Gasteiger charge is 1.92. The number of hydrogen-bond donors (Lipinski definition) is 1. The first-order chi connectivity index (χ1) is 5.83. The first-order valence-electron chi connectivity index (χ1n) is 4.42. The third-order valence-corrected chi connectivity index (χ3v) is 1.86. The molecule has 1 radical (unpaired) electrons. The molecule has 0 aliphatic rings. The van der Waals surface area contributed by atoms with Crippen LogP contribution in [0.5, 0.6) is 5.75 Å². The fourth-order valence-corrected chi connectivity index (χ4v) is 1.14. The van der Waals surface area contributed by atoms with Gasteiger partial charge >= 0.3 is 0 Å². The highest BCUT2D eigenvalue weighted by molar-refractivity contribution is 5.25. The molecule has 0 aliphatic carbocycles. The molecule has 12 heavy (non-hydrogen) atoms. The van der Waals surface area contributed by atoms with Crippen LogP contribution in [0.4, 0.5) is 0 Å². The van der Waals surface area contributed by atoms with Gasteiger partial charge in [-0.05, 0) is 37.0 Å². The highest BCUT2D eigenvalue weighted by atomic mass is 16.3. The van der Waals surface area contributed by atoms with E-state index in [1.54, 1.807) is 12.1 Å². The smallest absolute Gasteiger partial charge is 0.115 e. The molecule has 1 heteroatoms. The predicted molar refractivity (Wildman–Crippen MR) is 51.0 cm³/mol. The molecular formula is C11H15O. The molecule has 1 nitrogen and oxygen atoms in total. The van der Waals surface area contributed by atoms with Crippen molar-refractivity contribution in [2.75, 3.05) is 0 Å². The minimum Gasteiger partial charge on any atom is -0.508 e. The van der Waals surface area contributed by atoms with Gasteiger partial charge in [0.1, 0.15) is 5.75 Å². The highest BCUT2D eigenvalue weighted by Crippen LogP contribution is 2.11. The van der Waals surface area contributed by atoms with Crippen molar-refractivity contribution in [3.05, 3.63) is 36.2 Å². The van der Waals surface area contributed by atoms with Crippen LogP contribution in [0.3, 0.4) is 0 Å². The maximum absolute atomic E-state index is 9.02. The summed E-state index contributed by atoms with van der Waals surface area (Å²) in [5, 5.41) is 9.02. The van der Waals surface area contributed by atoms with E-state index in [1.165, 1.54) is 5.56 Å². The van der Waals surface area contributed by atoms with Gasteiger partial charge in [0.25, 0.3) is 0 Å². The van der Waals surface area contributed by atoms with E-state index < -0.39 is 0 Å². The van der Waals surface area contributed by atoms with Crippen LogP contribution < -0.4 is 0 Å². The van der Waals surface area contributed by atoms with Gasteiger partial charge in [-0.1, -0.05) is 25.5 Å². The molecule has 1 aromatic carbocycles. The Labute approximate surface area is 74.1 Å². The summed E-state index contributed by atoms with van der Waals surface area (Å²) in [6, 6.07) is 7.42. The second-order valence-electron chi connectivity index (χ2n) is 2.90. The van der Waals surface area contributed by atoms with Crippen LogP contribution >= 0.6 is 0 Å². The summed E-state index contributed by atoms with van der Waals surface area (Å²) in [6.07, 6.45) is 5.61. The molecule has 1 N–H and O–H groups in total. The summed E-state index contributed by atoms with van der Waals surface area (Å²) < 4.78 is 0. The molecule has 0 aliphatic heterocycles. The van der Waals surface area contributed by atoms with Gasteiger partial charge in [-0.25, -0.2) is 0 Å². The number of phenols is 1. The largest absolute Gasteiger partial charge is 0.508 e. The third kappa shape index (κ3) is 2.95. The van der Waals surface area contributed by atoms with Gasteiger partial charge in [-0.2, -0.15) is 0 Å². The molecule has 65 valence electrons. The monoisotopic (exact) mass is 163 g/mol. The zero-order valence-electron chi connectivity index (χ0n) is 7.46. The molecule has 0 saturated carbocycles. The van der Waals surface area contributed by atoms with Gasteiger partial charge < -0.3 is 5.11 Å². The van der Waals surface area contributed by atoms with Crippen LogP contribution in [0.15, 0.2) is 24.3 Å². The number of aromatic hydroxyl groups is 1. The van der Waals surface area contributed by atoms with Crippen molar-refractivity contribution in [2.24, 2.45) is 0 Å². The molecule has 0 unspecified atom stereocenters. The zero-order valence-corrected chi connectivity index (χ0v) is 7.46. The van der Waals surface area contributed by atoms with E-state index >= 15 is 0 Å².